The Morgan fingerprint density at radius 3 is 2.61 bits per heavy atom. The summed E-state index contributed by atoms with van der Waals surface area (Å²) in [6.45, 7) is 3.96. The van der Waals surface area contributed by atoms with Crippen LogP contribution in [0.5, 0.6) is 0 Å². The van der Waals surface area contributed by atoms with E-state index in [4.69, 9.17) is 9.72 Å². The Balaban J connectivity index is 1.50. The fourth-order valence-corrected chi connectivity index (χ4v) is 4.31. The van der Waals surface area contributed by atoms with E-state index in [-0.39, 0.29) is 17.6 Å². The van der Waals surface area contributed by atoms with Gasteiger partial charge in [0.2, 0.25) is 5.91 Å². The van der Waals surface area contributed by atoms with Crippen LogP contribution in [0.3, 0.4) is 0 Å². The van der Waals surface area contributed by atoms with Gasteiger partial charge in [-0.2, -0.15) is 5.10 Å². The van der Waals surface area contributed by atoms with Crippen molar-refractivity contribution in [1.82, 2.24) is 25.0 Å². The normalized spacial score (nSPS) is 14.6. The fourth-order valence-electron chi connectivity index (χ4n) is 4.31. The standard InChI is InChI=1S/C27H26FN5O3/c1-18(27(35)32-10-12-36-13-11-32)30-26(34)22-15-24(20-7-3-2-4-8-20)31-25-23(22)16-29-33(25)17-19-6-5-9-21(28)14-19/h2-9,14-16,18H,10-13,17H2,1H3,(H,30,34). The smallest absolute Gasteiger partial charge is 0.252 e. The molecule has 1 aliphatic heterocycles. The van der Waals surface area contributed by atoms with Crippen LogP contribution in [-0.4, -0.2) is 63.8 Å². The average Bonchev–Trinajstić information content (AvgIpc) is 3.31. The van der Waals surface area contributed by atoms with Crippen LogP contribution in [0.15, 0.2) is 66.9 Å². The van der Waals surface area contributed by atoms with E-state index in [1.54, 1.807) is 34.8 Å². The largest absolute Gasteiger partial charge is 0.378 e. The van der Waals surface area contributed by atoms with E-state index >= 15 is 0 Å². The second-order valence-electron chi connectivity index (χ2n) is 8.72. The fraction of sp³-hybridized carbons (Fsp3) is 0.259. The zero-order valence-electron chi connectivity index (χ0n) is 19.9. The number of ether oxygens (including phenoxy) is 1. The van der Waals surface area contributed by atoms with E-state index in [9.17, 15) is 14.0 Å². The molecular weight excluding hydrogens is 461 g/mol. The number of halogens is 1. The Labute approximate surface area is 207 Å². The lowest BCUT2D eigenvalue weighted by atomic mass is 10.1. The molecule has 184 valence electrons. The summed E-state index contributed by atoms with van der Waals surface area (Å²) in [6, 6.07) is 16.8. The monoisotopic (exact) mass is 487 g/mol. The molecule has 2 amide bonds. The van der Waals surface area contributed by atoms with Gasteiger partial charge >= 0.3 is 0 Å². The van der Waals surface area contributed by atoms with Crippen LogP contribution in [0.25, 0.3) is 22.3 Å². The van der Waals surface area contributed by atoms with E-state index in [0.717, 1.165) is 11.1 Å². The summed E-state index contributed by atoms with van der Waals surface area (Å²) < 4.78 is 20.7. The van der Waals surface area contributed by atoms with Gasteiger partial charge in [0.25, 0.3) is 5.91 Å². The molecule has 0 aliphatic carbocycles. The maximum absolute atomic E-state index is 13.8. The molecule has 36 heavy (non-hydrogen) atoms. The molecule has 8 nitrogen and oxygen atoms in total. The molecule has 1 aliphatic rings. The van der Waals surface area contributed by atoms with Gasteiger partial charge in [-0.15, -0.1) is 0 Å². The number of fused-ring (bicyclic) bond motifs is 1. The number of pyridine rings is 1. The number of carbonyl (C=O) groups is 2. The summed E-state index contributed by atoms with van der Waals surface area (Å²) in [6.07, 6.45) is 1.58. The van der Waals surface area contributed by atoms with E-state index in [1.165, 1.54) is 12.1 Å². The maximum Gasteiger partial charge on any atom is 0.252 e. The number of benzene rings is 2. The molecule has 0 spiro atoms. The summed E-state index contributed by atoms with van der Waals surface area (Å²) in [5.41, 5.74) is 3.03. The lowest BCUT2D eigenvalue weighted by Gasteiger charge is -2.29. The summed E-state index contributed by atoms with van der Waals surface area (Å²) in [4.78, 5) is 32.8. The Morgan fingerprint density at radius 1 is 1.08 bits per heavy atom. The van der Waals surface area contributed by atoms with Crippen molar-refractivity contribution in [2.45, 2.75) is 19.5 Å². The molecule has 5 rings (SSSR count). The summed E-state index contributed by atoms with van der Waals surface area (Å²) in [5, 5.41) is 7.84. The van der Waals surface area contributed by atoms with Crippen LogP contribution in [0.2, 0.25) is 0 Å². The zero-order chi connectivity index (χ0) is 25.1. The molecule has 0 saturated carbocycles. The van der Waals surface area contributed by atoms with Crippen molar-refractivity contribution in [2.24, 2.45) is 0 Å². The minimum Gasteiger partial charge on any atom is -0.378 e. The van der Waals surface area contributed by atoms with Gasteiger partial charge in [0.1, 0.15) is 11.9 Å². The predicted molar refractivity (Wildman–Crippen MR) is 133 cm³/mol. The first kappa shape index (κ1) is 23.6. The van der Waals surface area contributed by atoms with Gasteiger partial charge in [0, 0.05) is 18.7 Å². The van der Waals surface area contributed by atoms with Crippen LogP contribution in [0, 0.1) is 5.82 Å². The molecule has 1 unspecified atom stereocenters. The third-order valence-electron chi connectivity index (χ3n) is 6.19. The molecule has 1 N–H and O–H groups in total. The zero-order valence-corrected chi connectivity index (χ0v) is 19.9. The van der Waals surface area contributed by atoms with Gasteiger partial charge in [0.05, 0.1) is 42.6 Å². The minimum atomic E-state index is -0.707. The van der Waals surface area contributed by atoms with Crippen LogP contribution < -0.4 is 5.32 Å². The molecule has 4 aromatic rings. The van der Waals surface area contributed by atoms with Crippen LogP contribution in [-0.2, 0) is 16.1 Å². The van der Waals surface area contributed by atoms with Gasteiger partial charge in [-0.05, 0) is 30.7 Å². The van der Waals surface area contributed by atoms with Gasteiger partial charge in [-0.3, -0.25) is 9.59 Å². The number of aromatic nitrogens is 3. The number of rotatable bonds is 6. The van der Waals surface area contributed by atoms with Crippen LogP contribution in [0.1, 0.15) is 22.8 Å². The van der Waals surface area contributed by atoms with Crippen LogP contribution >= 0.6 is 0 Å². The van der Waals surface area contributed by atoms with Crippen molar-refractivity contribution in [3.05, 3.63) is 83.8 Å². The van der Waals surface area contributed by atoms with Crippen molar-refractivity contribution in [1.29, 1.82) is 0 Å². The number of nitrogens with zero attached hydrogens (tertiary/aromatic N) is 4. The highest BCUT2D eigenvalue weighted by Crippen LogP contribution is 2.25. The van der Waals surface area contributed by atoms with Gasteiger partial charge in [-0.25, -0.2) is 14.1 Å². The third-order valence-corrected chi connectivity index (χ3v) is 6.19. The SMILES string of the molecule is CC(NC(=O)c1cc(-c2ccccc2)nc2c1cnn2Cc1cccc(F)c1)C(=O)N1CCOCC1. The van der Waals surface area contributed by atoms with Crippen LogP contribution in [0.4, 0.5) is 4.39 Å². The summed E-state index contributed by atoms with van der Waals surface area (Å²) in [5.74, 6) is -0.873. The first-order valence-corrected chi connectivity index (χ1v) is 11.8. The molecule has 2 aromatic heterocycles. The molecule has 1 fully saturated rings. The average molecular weight is 488 g/mol. The predicted octanol–water partition coefficient (Wildman–Crippen LogP) is 3.26. The Morgan fingerprint density at radius 2 is 1.86 bits per heavy atom. The maximum atomic E-state index is 13.8. The lowest BCUT2D eigenvalue weighted by molar-refractivity contribution is -0.136. The number of carbonyl (C=O) groups excluding carboxylic acids is 2. The highest BCUT2D eigenvalue weighted by Gasteiger charge is 2.25. The molecular formula is C27H26FN5O3. The van der Waals surface area contributed by atoms with E-state index < -0.39 is 6.04 Å². The quantitative estimate of drug-likeness (QED) is 0.451. The molecule has 3 heterocycles. The van der Waals surface area contributed by atoms with Crippen molar-refractivity contribution in [3.8, 4) is 11.3 Å². The van der Waals surface area contributed by atoms with E-state index in [1.807, 2.05) is 36.4 Å². The van der Waals surface area contributed by atoms with E-state index in [2.05, 4.69) is 10.4 Å². The highest BCUT2D eigenvalue weighted by molar-refractivity contribution is 6.07. The van der Waals surface area contributed by atoms with Crippen molar-refractivity contribution < 1.29 is 18.7 Å². The number of amides is 2. The molecule has 0 bridgehead atoms. The van der Waals surface area contributed by atoms with Gasteiger partial charge in [-0.1, -0.05) is 42.5 Å². The summed E-state index contributed by atoms with van der Waals surface area (Å²) >= 11 is 0. The number of nitrogens with one attached hydrogen (secondary N) is 1. The highest BCUT2D eigenvalue weighted by atomic mass is 19.1. The topological polar surface area (TPSA) is 89.3 Å². The third kappa shape index (κ3) is 4.96. The van der Waals surface area contributed by atoms with Gasteiger partial charge in [0.15, 0.2) is 5.65 Å². The Hall–Kier alpha value is -4.11. The molecule has 9 heteroatoms. The van der Waals surface area contributed by atoms with Gasteiger partial charge < -0.3 is 15.0 Å². The molecule has 0 radical (unpaired) electrons. The van der Waals surface area contributed by atoms with Crippen molar-refractivity contribution >= 4 is 22.8 Å². The second-order valence-corrected chi connectivity index (χ2v) is 8.72. The summed E-state index contributed by atoms with van der Waals surface area (Å²) in [7, 11) is 0. The molecule has 1 saturated heterocycles. The lowest BCUT2D eigenvalue weighted by Crippen LogP contribution is -2.50. The number of hydrogen-bond donors (Lipinski definition) is 1. The van der Waals surface area contributed by atoms with Crippen molar-refractivity contribution in [3.63, 3.8) is 0 Å². The van der Waals surface area contributed by atoms with Crippen molar-refractivity contribution in [2.75, 3.05) is 26.3 Å². The minimum absolute atomic E-state index is 0.151. The Kier molecular flexibility index (Phi) is 6.73. The first-order chi connectivity index (χ1) is 17.5. The number of hydrogen-bond acceptors (Lipinski definition) is 5. The van der Waals surface area contributed by atoms with E-state index in [0.29, 0.717) is 55.1 Å². The molecule has 1 atom stereocenters. The second kappa shape index (κ2) is 10.2. The Bertz CT molecular complexity index is 1400. The molecule has 2 aromatic carbocycles. The number of morpholine rings is 1. The first-order valence-electron chi connectivity index (χ1n) is 11.8.